The molecule has 0 aromatic rings. The Balaban J connectivity index is 1.44. The third-order valence-corrected chi connectivity index (χ3v) is 4.95. The predicted octanol–water partition coefficient (Wildman–Crippen LogP) is 2.69. The maximum absolute atomic E-state index is 12.2. The summed E-state index contributed by atoms with van der Waals surface area (Å²) < 4.78 is 0. The molecular formula is C17H23ClN2O2. The number of halogens is 1. The molecule has 120 valence electrons. The second-order valence-electron chi connectivity index (χ2n) is 6.37. The van der Waals surface area contributed by atoms with E-state index in [1.165, 1.54) is 5.70 Å². The lowest BCUT2D eigenvalue weighted by atomic mass is 10.1. The minimum absolute atomic E-state index is 0.125. The quantitative estimate of drug-likeness (QED) is 0.781. The fourth-order valence-corrected chi connectivity index (χ4v) is 3.30. The lowest BCUT2D eigenvalue weighted by Crippen LogP contribution is -2.48. The van der Waals surface area contributed by atoms with Crippen molar-refractivity contribution >= 4 is 23.3 Å². The molecule has 22 heavy (non-hydrogen) atoms. The molecule has 3 rings (SSSR count). The van der Waals surface area contributed by atoms with E-state index in [-0.39, 0.29) is 17.6 Å². The van der Waals surface area contributed by atoms with E-state index in [9.17, 15) is 9.59 Å². The van der Waals surface area contributed by atoms with Crippen molar-refractivity contribution in [1.82, 2.24) is 9.80 Å². The molecule has 0 N–H and O–H groups in total. The van der Waals surface area contributed by atoms with Crippen molar-refractivity contribution in [3.63, 3.8) is 0 Å². The maximum atomic E-state index is 12.2. The van der Waals surface area contributed by atoms with Crippen molar-refractivity contribution in [3.8, 4) is 0 Å². The van der Waals surface area contributed by atoms with Crippen molar-refractivity contribution < 1.29 is 9.59 Å². The number of ketones is 1. The highest BCUT2D eigenvalue weighted by Gasteiger charge is 2.30. The van der Waals surface area contributed by atoms with Crippen molar-refractivity contribution in [1.29, 1.82) is 0 Å². The van der Waals surface area contributed by atoms with E-state index in [2.05, 4.69) is 11.0 Å². The van der Waals surface area contributed by atoms with Crippen LogP contribution >= 0.6 is 11.6 Å². The summed E-state index contributed by atoms with van der Waals surface area (Å²) in [7, 11) is 0. The summed E-state index contributed by atoms with van der Waals surface area (Å²) in [6.07, 6.45) is 9.03. The molecule has 1 saturated heterocycles. The molecule has 0 unspecified atom stereocenters. The molecule has 2 fully saturated rings. The van der Waals surface area contributed by atoms with Gasteiger partial charge in [0.15, 0.2) is 0 Å². The summed E-state index contributed by atoms with van der Waals surface area (Å²) in [5.41, 5.74) is 1.19. The number of carbonyl (C=O) groups is 2. The second-order valence-corrected chi connectivity index (χ2v) is 6.85. The van der Waals surface area contributed by atoms with Gasteiger partial charge in [-0.2, -0.15) is 0 Å². The zero-order valence-electron chi connectivity index (χ0n) is 12.9. The van der Waals surface area contributed by atoms with Crippen LogP contribution < -0.4 is 0 Å². The molecule has 0 spiro atoms. The Hall–Kier alpha value is -1.29. The number of nitrogens with zero attached hydrogens (tertiary/aromatic N) is 2. The zero-order valence-corrected chi connectivity index (χ0v) is 13.6. The Kier molecular flexibility index (Phi) is 4.87. The lowest BCUT2D eigenvalue weighted by molar-refractivity contribution is -0.134. The van der Waals surface area contributed by atoms with Crippen LogP contribution in [0.15, 0.2) is 22.9 Å². The monoisotopic (exact) mass is 322 g/mol. The van der Waals surface area contributed by atoms with E-state index in [0.717, 1.165) is 56.9 Å². The van der Waals surface area contributed by atoms with Crippen LogP contribution in [0.1, 0.15) is 38.5 Å². The van der Waals surface area contributed by atoms with Gasteiger partial charge in [-0.25, -0.2) is 0 Å². The van der Waals surface area contributed by atoms with Gasteiger partial charge in [-0.1, -0.05) is 17.7 Å². The van der Waals surface area contributed by atoms with Gasteiger partial charge >= 0.3 is 0 Å². The number of amides is 1. The summed E-state index contributed by atoms with van der Waals surface area (Å²) in [5.74, 6) is 0.665. The minimum atomic E-state index is 0.125. The molecule has 3 aliphatic rings. The highest BCUT2D eigenvalue weighted by atomic mass is 35.5. The smallest absolute Gasteiger partial charge is 0.223 e. The van der Waals surface area contributed by atoms with Crippen LogP contribution in [-0.2, 0) is 9.59 Å². The van der Waals surface area contributed by atoms with Crippen molar-refractivity contribution in [2.24, 2.45) is 5.92 Å². The van der Waals surface area contributed by atoms with Crippen LogP contribution in [0.25, 0.3) is 0 Å². The number of hydrogen-bond donors (Lipinski definition) is 0. The van der Waals surface area contributed by atoms with E-state index in [1.807, 2.05) is 11.0 Å². The Bertz CT molecular complexity index is 515. The van der Waals surface area contributed by atoms with E-state index in [0.29, 0.717) is 12.8 Å². The standard InChI is InChI=1S/C17H23ClN2O2/c18-14-2-1-3-15(12-14)19-8-10-20(11-9-19)17(22)7-6-16(21)13-4-5-13/h3,12-13H,1-2,4-11H2. The van der Waals surface area contributed by atoms with Gasteiger partial charge < -0.3 is 9.80 Å². The molecule has 1 aliphatic heterocycles. The normalized spacial score (nSPS) is 22.2. The molecule has 0 bridgehead atoms. The van der Waals surface area contributed by atoms with E-state index in [1.54, 1.807) is 0 Å². The van der Waals surface area contributed by atoms with Crippen LogP contribution in [0.4, 0.5) is 0 Å². The summed E-state index contributed by atoms with van der Waals surface area (Å²) in [6, 6.07) is 0. The summed E-state index contributed by atoms with van der Waals surface area (Å²) >= 11 is 6.11. The molecule has 0 aromatic heterocycles. The first-order valence-electron chi connectivity index (χ1n) is 8.25. The SMILES string of the molecule is O=C(CCC(=O)N1CCN(C2=CCCC(Cl)=C2)CC1)C1CC1. The molecule has 1 saturated carbocycles. The first-order chi connectivity index (χ1) is 10.6. The molecule has 4 nitrogen and oxygen atoms in total. The molecule has 1 amide bonds. The number of allylic oxidation sites excluding steroid dienone is 3. The highest BCUT2D eigenvalue weighted by molar-refractivity contribution is 6.29. The molecular weight excluding hydrogens is 300 g/mol. The molecule has 5 heteroatoms. The fourth-order valence-electron chi connectivity index (χ4n) is 3.08. The fraction of sp³-hybridized carbons (Fsp3) is 0.647. The number of Topliss-reactive ketones (excluding diaryl/α,β-unsaturated/α-hetero) is 1. The largest absolute Gasteiger partial charge is 0.368 e. The maximum Gasteiger partial charge on any atom is 0.223 e. The van der Waals surface area contributed by atoms with E-state index >= 15 is 0 Å². The Morgan fingerprint density at radius 1 is 1.14 bits per heavy atom. The van der Waals surface area contributed by atoms with Gasteiger partial charge in [-0.15, -0.1) is 0 Å². The summed E-state index contributed by atoms with van der Waals surface area (Å²) in [6.45, 7) is 3.15. The lowest BCUT2D eigenvalue weighted by Gasteiger charge is -2.37. The average molecular weight is 323 g/mol. The number of hydrogen-bond acceptors (Lipinski definition) is 3. The topological polar surface area (TPSA) is 40.6 Å². The van der Waals surface area contributed by atoms with Gasteiger partial charge in [0.25, 0.3) is 0 Å². The Morgan fingerprint density at radius 3 is 2.50 bits per heavy atom. The van der Waals surface area contributed by atoms with Crippen molar-refractivity contribution in [2.45, 2.75) is 38.5 Å². The molecule has 1 heterocycles. The zero-order chi connectivity index (χ0) is 15.5. The molecule has 2 aliphatic carbocycles. The third kappa shape index (κ3) is 3.92. The Labute approximate surface area is 136 Å². The van der Waals surface area contributed by atoms with Crippen LogP contribution in [0.3, 0.4) is 0 Å². The number of rotatable bonds is 5. The summed E-state index contributed by atoms with van der Waals surface area (Å²) in [4.78, 5) is 28.1. The van der Waals surface area contributed by atoms with Gasteiger partial charge in [-0.3, -0.25) is 9.59 Å². The van der Waals surface area contributed by atoms with Crippen LogP contribution in [-0.4, -0.2) is 47.7 Å². The molecule has 0 aromatic carbocycles. The van der Waals surface area contributed by atoms with E-state index < -0.39 is 0 Å². The van der Waals surface area contributed by atoms with Gasteiger partial charge in [0.05, 0.1) is 0 Å². The Morgan fingerprint density at radius 2 is 1.86 bits per heavy atom. The number of carbonyl (C=O) groups excluding carboxylic acids is 2. The first-order valence-corrected chi connectivity index (χ1v) is 8.63. The van der Waals surface area contributed by atoms with Crippen LogP contribution in [0.2, 0.25) is 0 Å². The van der Waals surface area contributed by atoms with Crippen molar-refractivity contribution in [2.75, 3.05) is 26.2 Å². The highest BCUT2D eigenvalue weighted by Crippen LogP contribution is 2.31. The van der Waals surface area contributed by atoms with Gasteiger partial charge in [0, 0.05) is 55.7 Å². The predicted molar refractivity (Wildman–Crippen MR) is 86.4 cm³/mol. The third-order valence-electron chi connectivity index (χ3n) is 4.66. The molecule has 0 atom stereocenters. The van der Waals surface area contributed by atoms with Crippen molar-refractivity contribution in [3.05, 3.63) is 22.9 Å². The number of piperazine rings is 1. The van der Waals surface area contributed by atoms with Gasteiger partial charge in [-0.05, 0) is 31.8 Å². The van der Waals surface area contributed by atoms with Crippen LogP contribution in [0.5, 0.6) is 0 Å². The minimum Gasteiger partial charge on any atom is -0.368 e. The average Bonchev–Trinajstić information content (AvgIpc) is 3.37. The summed E-state index contributed by atoms with van der Waals surface area (Å²) in [5, 5.41) is 0.912. The van der Waals surface area contributed by atoms with Gasteiger partial charge in [0.2, 0.25) is 5.91 Å². The van der Waals surface area contributed by atoms with Crippen LogP contribution in [0, 0.1) is 5.92 Å². The second kappa shape index (κ2) is 6.86. The first kappa shape index (κ1) is 15.6. The van der Waals surface area contributed by atoms with Gasteiger partial charge in [0.1, 0.15) is 5.78 Å². The molecule has 0 radical (unpaired) electrons. The van der Waals surface area contributed by atoms with E-state index in [4.69, 9.17) is 11.6 Å².